The molecule has 21 heavy (non-hydrogen) atoms. The van der Waals surface area contributed by atoms with Gasteiger partial charge < -0.3 is 4.90 Å². The average Bonchev–Trinajstić information content (AvgIpc) is 2.81. The molecule has 1 aromatic rings. The molecule has 3 heteroatoms. The van der Waals surface area contributed by atoms with E-state index in [0.29, 0.717) is 6.04 Å². The molecule has 0 radical (unpaired) electrons. The summed E-state index contributed by atoms with van der Waals surface area (Å²) in [4.78, 5) is 9.88. The summed E-state index contributed by atoms with van der Waals surface area (Å²) in [6.45, 7) is 7.11. The molecule has 2 fully saturated rings. The zero-order valence-electron chi connectivity index (χ0n) is 13.4. The third-order valence-electron chi connectivity index (χ3n) is 4.96. The van der Waals surface area contributed by atoms with Crippen molar-refractivity contribution < 1.29 is 0 Å². The van der Waals surface area contributed by atoms with E-state index in [4.69, 9.17) is 4.98 Å². The Morgan fingerprint density at radius 2 is 1.86 bits per heavy atom. The topological polar surface area (TPSA) is 19.4 Å². The summed E-state index contributed by atoms with van der Waals surface area (Å²) >= 11 is 0. The summed E-state index contributed by atoms with van der Waals surface area (Å²) in [7, 11) is 0. The predicted molar refractivity (Wildman–Crippen MR) is 88.8 cm³/mol. The van der Waals surface area contributed by atoms with Gasteiger partial charge in [0.05, 0.1) is 0 Å². The fourth-order valence-corrected chi connectivity index (χ4v) is 3.84. The Bertz CT molecular complexity index is 421. The normalized spacial score (nSPS) is 24.2. The molecule has 2 aliphatic rings. The molecule has 0 spiro atoms. The number of anilines is 1. The van der Waals surface area contributed by atoms with Crippen molar-refractivity contribution in [1.29, 1.82) is 0 Å². The van der Waals surface area contributed by atoms with Gasteiger partial charge in [0.2, 0.25) is 0 Å². The van der Waals surface area contributed by atoms with Crippen LogP contribution in [0.15, 0.2) is 18.3 Å². The second-order valence-electron chi connectivity index (χ2n) is 6.54. The standard InChI is InChI=1S/C18H29N3/c1-2-11-20-14-7-8-17(20)16-9-10-18(19-15-16)21-12-5-3-4-6-13-21/h9-10,15,17H,2-8,11-14H2,1H3/t17-/m0/s1. The van der Waals surface area contributed by atoms with E-state index in [-0.39, 0.29) is 0 Å². The molecular weight excluding hydrogens is 258 g/mol. The van der Waals surface area contributed by atoms with E-state index in [1.54, 1.807) is 0 Å². The number of aromatic nitrogens is 1. The van der Waals surface area contributed by atoms with Gasteiger partial charge in [-0.1, -0.05) is 25.8 Å². The van der Waals surface area contributed by atoms with Crippen LogP contribution in [-0.2, 0) is 0 Å². The summed E-state index contributed by atoms with van der Waals surface area (Å²) in [5, 5.41) is 0. The lowest BCUT2D eigenvalue weighted by atomic mass is 10.1. The number of hydrogen-bond acceptors (Lipinski definition) is 3. The molecule has 0 saturated carbocycles. The van der Waals surface area contributed by atoms with Gasteiger partial charge in [-0.3, -0.25) is 4.90 Å². The Morgan fingerprint density at radius 1 is 1.05 bits per heavy atom. The fourth-order valence-electron chi connectivity index (χ4n) is 3.84. The number of pyridine rings is 1. The van der Waals surface area contributed by atoms with Gasteiger partial charge >= 0.3 is 0 Å². The van der Waals surface area contributed by atoms with Crippen LogP contribution >= 0.6 is 0 Å². The third-order valence-corrected chi connectivity index (χ3v) is 4.96. The molecule has 3 heterocycles. The lowest BCUT2D eigenvalue weighted by Gasteiger charge is -2.25. The minimum absolute atomic E-state index is 0.607. The summed E-state index contributed by atoms with van der Waals surface area (Å²) in [6, 6.07) is 5.19. The zero-order valence-corrected chi connectivity index (χ0v) is 13.4. The summed E-state index contributed by atoms with van der Waals surface area (Å²) in [5.41, 5.74) is 1.42. The molecule has 3 rings (SSSR count). The maximum Gasteiger partial charge on any atom is 0.128 e. The highest BCUT2D eigenvalue weighted by atomic mass is 15.2. The number of rotatable bonds is 4. The van der Waals surface area contributed by atoms with Crippen LogP contribution in [0.5, 0.6) is 0 Å². The molecule has 2 saturated heterocycles. The van der Waals surface area contributed by atoms with Crippen molar-refractivity contribution in [3.8, 4) is 0 Å². The quantitative estimate of drug-likeness (QED) is 0.834. The zero-order chi connectivity index (χ0) is 14.5. The van der Waals surface area contributed by atoms with E-state index in [9.17, 15) is 0 Å². The highest BCUT2D eigenvalue weighted by molar-refractivity contribution is 5.40. The first-order valence-corrected chi connectivity index (χ1v) is 8.83. The van der Waals surface area contributed by atoms with Gasteiger partial charge in [-0.25, -0.2) is 4.98 Å². The van der Waals surface area contributed by atoms with E-state index in [2.05, 4.69) is 35.1 Å². The SMILES string of the molecule is CCCN1CCC[C@H]1c1ccc(N2CCCCCC2)nc1. The van der Waals surface area contributed by atoms with Gasteiger partial charge in [-0.05, 0) is 56.8 Å². The average molecular weight is 287 g/mol. The van der Waals surface area contributed by atoms with Crippen molar-refractivity contribution in [2.75, 3.05) is 31.1 Å². The van der Waals surface area contributed by atoms with E-state index >= 15 is 0 Å². The molecule has 116 valence electrons. The molecule has 0 aliphatic carbocycles. The maximum absolute atomic E-state index is 4.78. The largest absolute Gasteiger partial charge is 0.357 e. The number of nitrogens with zero attached hydrogens (tertiary/aromatic N) is 3. The monoisotopic (exact) mass is 287 g/mol. The van der Waals surface area contributed by atoms with Crippen molar-refractivity contribution >= 4 is 5.82 Å². The summed E-state index contributed by atoms with van der Waals surface area (Å²) in [6.07, 6.45) is 11.4. The Balaban J connectivity index is 1.68. The van der Waals surface area contributed by atoms with Crippen LogP contribution in [-0.4, -0.2) is 36.1 Å². The van der Waals surface area contributed by atoms with Gasteiger partial charge in [0.1, 0.15) is 5.82 Å². The molecule has 0 amide bonds. The second kappa shape index (κ2) is 7.26. The van der Waals surface area contributed by atoms with Crippen molar-refractivity contribution in [3.05, 3.63) is 23.9 Å². The lowest BCUT2D eigenvalue weighted by molar-refractivity contribution is 0.257. The van der Waals surface area contributed by atoms with Gasteiger partial charge in [0.25, 0.3) is 0 Å². The Hall–Kier alpha value is -1.09. The Morgan fingerprint density at radius 3 is 2.52 bits per heavy atom. The molecule has 0 aromatic carbocycles. The second-order valence-corrected chi connectivity index (χ2v) is 6.54. The smallest absolute Gasteiger partial charge is 0.128 e. The highest BCUT2D eigenvalue weighted by Crippen LogP contribution is 2.32. The van der Waals surface area contributed by atoms with Gasteiger partial charge in [-0.15, -0.1) is 0 Å². The van der Waals surface area contributed by atoms with E-state index in [0.717, 1.165) is 0 Å². The van der Waals surface area contributed by atoms with Crippen LogP contribution in [0.3, 0.4) is 0 Å². The first-order chi connectivity index (χ1) is 10.4. The van der Waals surface area contributed by atoms with Crippen molar-refractivity contribution in [3.63, 3.8) is 0 Å². The molecule has 3 nitrogen and oxygen atoms in total. The van der Waals surface area contributed by atoms with Crippen LogP contribution in [0.4, 0.5) is 5.82 Å². The van der Waals surface area contributed by atoms with Crippen molar-refractivity contribution in [1.82, 2.24) is 9.88 Å². The fraction of sp³-hybridized carbons (Fsp3) is 0.722. The Labute approximate surface area is 129 Å². The first-order valence-electron chi connectivity index (χ1n) is 8.83. The van der Waals surface area contributed by atoms with Crippen LogP contribution in [0.25, 0.3) is 0 Å². The molecular formula is C18H29N3. The van der Waals surface area contributed by atoms with Gasteiger partial charge in [-0.2, -0.15) is 0 Å². The third kappa shape index (κ3) is 3.57. The van der Waals surface area contributed by atoms with Crippen molar-refractivity contribution in [2.45, 2.75) is 57.9 Å². The molecule has 0 N–H and O–H groups in total. The van der Waals surface area contributed by atoms with Crippen LogP contribution < -0.4 is 4.90 Å². The predicted octanol–water partition coefficient (Wildman–Crippen LogP) is 4.01. The van der Waals surface area contributed by atoms with Gasteiger partial charge in [0.15, 0.2) is 0 Å². The maximum atomic E-state index is 4.78. The van der Waals surface area contributed by atoms with E-state index < -0.39 is 0 Å². The summed E-state index contributed by atoms with van der Waals surface area (Å²) < 4.78 is 0. The van der Waals surface area contributed by atoms with E-state index in [1.165, 1.54) is 82.5 Å². The summed E-state index contributed by atoms with van der Waals surface area (Å²) in [5.74, 6) is 1.18. The molecule has 1 atom stereocenters. The minimum Gasteiger partial charge on any atom is -0.357 e. The Kier molecular flexibility index (Phi) is 5.13. The van der Waals surface area contributed by atoms with Gasteiger partial charge in [0, 0.05) is 25.3 Å². The van der Waals surface area contributed by atoms with Crippen LogP contribution in [0.2, 0.25) is 0 Å². The highest BCUT2D eigenvalue weighted by Gasteiger charge is 2.25. The molecule has 0 unspecified atom stereocenters. The van der Waals surface area contributed by atoms with E-state index in [1.807, 2.05) is 0 Å². The first kappa shape index (κ1) is 14.8. The minimum atomic E-state index is 0.607. The van der Waals surface area contributed by atoms with Crippen molar-refractivity contribution in [2.24, 2.45) is 0 Å². The lowest BCUT2D eigenvalue weighted by Crippen LogP contribution is -2.26. The van der Waals surface area contributed by atoms with Crippen LogP contribution in [0, 0.1) is 0 Å². The number of likely N-dealkylation sites (tertiary alicyclic amines) is 1. The molecule has 1 aromatic heterocycles. The number of hydrogen-bond donors (Lipinski definition) is 0. The molecule has 0 bridgehead atoms. The van der Waals surface area contributed by atoms with Crippen LogP contribution in [0.1, 0.15) is 63.5 Å². The molecule has 2 aliphatic heterocycles.